The Hall–Kier alpha value is -2.97. The van der Waals surface area contributed by atoms with Crippen LogP contribution in [-0.2, 0) is 4.79 Å². The smallest absolute Gasteiger partial charge is 0.251 e. The van der Waals surface area contributed by atoms with E-state index in [1.807, 2.05) is 73.7 Å². The first kappa shape index (κ1) is 24.2. The van der Waals surface area contributed by atoms with Crippen molar-refractivity contribution in [2.45, 2.75) is 32.2 Å². The number of halogens is 1. The molecule has 34 heavy (non-hydrogen) atoms. The maximum Gasteiger partial charge on any atom is 0.251 e. The lowest BCUT2D eigenvalue weighted by molar-refractivity contribution is -0.122. The number of carbonyl (C=O) groups is 1. The molecular weight excluding hydrogens is 510 g/mol. The number of benzene rings is 2. The summed E-state index contributed by atoms with van der Waals surface area (Å²) in [5.41, 5.74) is 4.52. The van der Waals surface area contributed by atoms with Gasteiger partial charge in [-0.05, 0) is 73.5 Å². The number of thiocarbonyl (C=S) groups is 1. The van der Waals surface area contributed by atoms with Crippen LogP contribution >= 0.6 is 28.1 Å². The number of aryl methyl sites for hydroxylation is 1. The summed E-state index contributed by atoms with van der Waals surface area (Å²) in [5.74, 6) is -0.182. The van der Waals surface area contributed by atoms with E-state index in [0.29, 0.717) is 11.5 Å². The van der Waals surface area contributed by atoms with Crippen LogP contribution in [0.5, 0.6) is 0 Å². The highest BCUT2D eigenvalue weighted by Gasteiger charge is 2.22. The molecule has 0 aromatic heterocycles. The van der Waals surface area contributed by atoms with Gasteiger partial charge < -0.3 is 16.0 Å². The van der Waals surface area contributed by atoms with Crippen LogP contribution in [0.25, 0.3) is 0 Å². The molecule has 0 radical (unpaired) electrons. The van der Waals surface area contributed by atoms with Crippen molar-refractivity contribution >= 4 is 50.6 Å². The average molecular weight is 539 g/mol. The van der Waals surface area contributed by atoms with Gasteiger partial charge in [-0.1, -0.05) is 52.3 Å². The van der Waals surface area contributed by atoms with Crippen LogP contribution in [0, 0.1) is 6.92 Å². The number of carbonyl (C=O) groups excluding carboxylic acids is 1. The third kappa shape index (κ3) is 6.55. The van der Waals surface area contributed by atoms with Crippen LogP contribution in [0.2, 0.25) is 0 Å². The molecule has 0 spiro atoms. The second-order valence-electron chi connectivity index (χ2n) is 8.34. The number of nitrogens with zero attached hydrogens (tertiary/aromatic N) is 2. The van der Waals surface area contributed by atoms with E-state index in [9.17, 15) is 4.79 Å². The number of anilines is 1. The van der Waals surface area contributed by atoms with E-state index in [4.69, 9.17) is 12.2 Å². The first-order valence-electron chi connectivity index (χ1n) is 11.4. The Morgan fingerprint density at radius 1 is 1.09 bits per heavy atom. The van der Waals surface area contributed by atoms with Crippen molar-refractivity contribution in [3.63, 3.8) is 0 Å². The largest absolute Gasteiger partial charge is 0.347 e. The van der Waals surface area contributed by atoms with Crippen LogP contribution in [0.15, 0.2) is 82.0 Å². The van der Waals surface area contributed by atoms with Gasteiger partial charge in [0, 0.05) is 35.4 Å². The predicted molar refractivity (Wildman–Crippen MR) is 146 cm³/mol. The lowest BCUT2D eigenvalue weighted by Gasteiger charge is -2.22. The van der Waals surface area contributed by atoms with Gasteiger partial charge in [-0.15, -0.1) is 0 Å². The predicted octanol–water partition coefficient (Wildman–Crippen LogP) is 5.20. The lowest BCUT2D eigenvalue weighted by atomic mass is 10.1. The molecule has 1 atom stereocenters. The third-order valence-corrected chi connectivity index (χ3v) is 6.43. The normalized spacial score (nSPS) is 17.3. The van der Waals surface area contributed by atoms with Crippen molar-refractivity contribution in [3.8, 4) is 0 Å². The van der Waals surface area contributed by atoms with Gasteiger partial charge in [0.25, 0.3) is 5.91 Å². The molecule has 2 aliphatic rings. The fourth-order valence-corrected chi connectivity index (χ4v) is 4.61. The minimum atomic E-state index is -0.647. The summed E-state index contributed by atoms with van der Waals surface area (Å²) in [5, 5.41) is 16.6. The van der Waals surface area contributed by atoms with Crippen molar-refractivity contribution in [2.75, 3.05) is 18.4 Å². The summed E-state index contributed by atoms with van der Waals surface area (Å²) in [6.45, 7) is 4.03. The minimum Gasteiger partial charge on any atom is -0.347 e. The van der Waals surface area contributed by atoms with E-state index in [1.54, 1.807) is 0 Å². The number of allylic oxidation sites excluding steroid dienone is 3. The molecule has 1 aliphatic carbocycles. The van der Waals surface area contributed by atoms with Gasteiger partial charge in [0.1, 0.15) is 6.04 Å². The summed E-state index contributed by atoms with van der Waals surface area (Å²) < 4.78 is 0.999. The number of rotatable bonds is 6. The molecule has 8 heteroatoms. The van der Waals surface area contributed by atoms with E-state index >= 15 is 0 Å². The van der Waals surface area contributed by atoms with E-state index in [0.717, 1.165) is 45.8 Å². The minimum absolute atomic E-state index is 0.182. The first-order valence-corrected chi connectivity index (χ1v) is 12.6. The van der Waals surface area contributed by atoms with Gasteiger partial charge >= 0.3 is 0 Å². The molecular formula is C26H28BrN5OS. The van der Waals surface area contributed by atoms with Crippen LogP contribution in [0.4, 0.5) is 5.69 Å². The summed E-state index contributed by atoms with van der Waals surface area (Å²) in [6, 6.07) is 14.8. The maximum absolute atomic E-state index is 13.3. The molecule has 2 aromatic rings. The molecule has 176 valence electrons. The number of hydrogen-bond donors (Lipinski definition) is 3. The standard InChI is InChI=1S/C26H28BrN5OS/c1-18-17-20(27)9-14-23(18)29-26(34)30-24(19-7-3-2-4-8-19)25(33)28-21-10-12-22(13-11-21)31-32-15-5-6-16-32/h2-4,7-12,14,17,24H,5-6,13,15-16H2,1H3,(H,28,33)(H2,29,30,34)/t24-/m0/s1. The molecule has 1 saturated heterocycles. The number of nitrogens with one attached hydrogen (secondary N) is 3. The summed E-state index contributed by atoms with van der Waals surface area (Å²) in [6.07, 6.45) is 8.96. The highest BCUT2D eigenvalue weighted by Crippen LogP contribution is 2.21. The number of hydrogen-bond acceptors (Lipinski definition) is 4. The average Bonchev–Trinajstić information content (AvgIpc) is 3.34. The highest BCUT2D eigenvalue weighted by molar-refractivity contribution is 9.10. The molecule has 0 saturated carbocycles. The Morgan fingerprint density at radius 2 is 1.85 bits per heavy atom. The Kier molecular flexibility index (Phi) is 8.13. The fraction of sp³-hybridized carbons (Fsp3) is 0.269. The first-order chi connectivity index (χ1) is 16.5. The zero-order chi connectivity index (χ0) is 23.9. The molecule has 1 heterocycles. The fourth-order valence-electron chi connectivity index (χ4n) is 3.90. The van der Waals surface area contributed by atoms with Crippen LogP contribution in [0.3, 0.4) is 0 Å². The molecule has 1 amide bonds. The lowest BCUT2D eigenvalue weighted by Crippen LogP contribution is -2.41. The Labute approximate surface area is 214 Å². The van der Waals surface area contributed by atoms with Crippen LogP contribution in [0.1, 0.15) is 36.4 Å². The van der Waals surface area contributed by atoms with Gasteiger partial charge in [-0.2, -0.15) is 5.10 Å². The number of amides is 1. The summed E-state index contributed by atoms with van der Waals surface area (Å²) in [4.78, 5) is 13.3. The van der Waals surface area contributed by atoms with E-state index < -0.39 is 6.04 Å². The SMILES string of the molecule is Cc1cc(Br)ccc1NC(=S)N[C@H](C(=O)NC1=CCC(=NN2CCCC2)C=C1)c1ccccc1. The van der Waals surface area contributed by atoms with Crippen molar-refractivity contribution < 1.29 is 4.79 Å². The van der Waals surface area contributed by atoms with Gasteiger partial charge in [0.15, 0.2) is 5.11 Å². The molecule has 2 aromatic carbocycles. The van der Waals surface area contributed by atoms with E-state index in [2.05, 4.69) is 42.0 Å². The Balaban J connectivity index is 1.42. The molecule has 1 fully saturated rings. The summed E-state index contributed by atoms with van der Waals surface area (Å²) in [7, 11) is 0. The molecule has 4 rings (SSSR count). The van der Waals surface area contributed by atoms with Gasteiger partial charge in [-0.25, -0.2) is 0 Å². The van der Waals surface area contributed by atoms with E-state index in [-0.39, 0.29) is 5.91 Å². The summed E-state index contributed by atoms with van der Waals surface area (Å²) >= 11 is 9.02. The van der Waals surface area contributed by atoms with Gasteiger partial charge in [-0.3, -0.25) is 9.80 Å². The second-order valence-corrected chi connectivity index (χ2v) is 9.66. The zero-order valence-corrected chi connectivity index (χ0v) is 21.5. The van der Waals surface area contributed by atoms with Crippen molar-refractivity contribution in [1.82, 2.24) is 15.6 Å². The van der Waals surface area contributed by atoms with E-state index in [1.165, 1.54) is 12.8 Å². The molecule has 1 aliphatic heterocycles. The Morgan fingerprint density at radius 3 is 2.53 bits per heavy atom. The van der Waals surface area contributed by atoms with Crippen molar-refractivity contribution in [1.29, 1.82) is 0 Å². The highest BCUT2D eigenvalue weighted by atomic mass is 79.9. The van der Waals surface area contributed by atoms with Crippen LogP contribution in [-0.4, -0.2) is 34.8 Å². The zero-order valence-electron chi connectivity index (χ0n) is 19.1. The molecule has 3 N–H and O–H groups in total. The number of hydrazone groups is 1. The second kappa shape index (κ2) is 11.4. The Bertz CT molecular complexity index is 1140. The quantitative estimate of drug-likeness (QED) is 0.442. The molecule has 0 bridgehead atoms. The molecule has 6 nitrogen and oxygen atoms in total. The van der Waals surface area contributed by atoms with Gasteiger partial charge in [0.2, 0.25) is 0 Å². The topological polar surface area (TPSA) is 68.8 Å². The third-order valence-electron chi connectivity index (χ3n) is 5.71. The van der Waals surface area contributed by atoms with Crippen molar-refractivity contribution in [3.05, 3.63) is 88.1 Å². The van der Waals surface area contributed by atoms with Crippen molar-refractivity contribution in [2.24, 2.45) is 5.10 Å². The monoisotopic (exact) mass is 537 g/mol. The maximum atomic E-state index is 13.3. The van der Waals surface area contributed by atoms with Crippen LogP contribution < -0.4 is 16.0 Å². The molecule has 0 unspecified atom stereocenters. The van der Waals surface area contributed by atoms with Gasteiger partial charge in [0.05, 0.1) is 5.71 Å².